The van der Waals surface area contributed by atoms with E-state index in [1.54, 1.807) is 24.3 Å². The molecule has 0 radical (unpaired) electrons. The highest BCUT2D eigenvalue weighted by Gasteiger charge is 2.20. The van der Waals surface area contributed by atoms with Crippen LogP contribution in [0.2, 0.25) is 5.02 Å². The van der Waals surface area contributed by atoms with E-state index in [0.29, 0.717) is 5.76 Å². The average molecular weight is 434 g/mol. The number of furan rings is 1. The molecule has 8 nitrogen and oxygen atoms in total. The van der Waals surface area contributed by atoms with Crippen LogP contribution >= 0.6 is 11.6 Å². The lowest BCUT2D eigenvalue weighted by molar-refractivity contribution is -0.255. The summed E-state index contributed by atoms with van der Waals surface area (Å²) in [5, 5.41) is 13.6. The summed E-state index contributed by atoms with van der Waals surface area (Å²) in [6.07, 6.45) is 1.47. The predicted molar refractivity (Wildman–Crippen MR) is 103 cm³/mol. The number of nitrogens with one attached hydrogen (secondary N) is 2. The van der Waals surface area contributed by atoms with Crippen molar-refractivity contribution in [1.29, 1.82) is 0 Å². The fourth-order valence-corrected chi connectivity index (χ4v) is 3.78. The smallest absolute Gasteiger partial charge is 0.261 e. The maximum atomic E-state index is 12.7. The molecule has 0 spiro atoms. The first kappa shape index (κ1) is 20.4. The molecule has 3 aromatic rings. The van der Waals surface area contributed by atoms with E-state index < -0.39 is 27.5 Å². The van der Waals surface area contributed by atoms with Crippen LogP contribution in [0.4, 0.5) is 5.69 Å². The van der Waals surface area contributed by atoms with Gasteiger partial charge >= 0.3 is 0 Å². The third kappa shape index (κ3) is 4.76. The fraction of sp³-hybridized carbons (Fsp3) is 0.0526. The van der Waals surface area contributed by atoms with Gasteiger partial charge in [-0.2, -0.15) is 0 Å². The summed E-state index contributed by atoms with van der Waals surface area (Å²) in [5.41, 5.74) is -0.356. The summed E-state index contributed by atoms with van der Waals surface area (Å²) >= 11 is 5.75. The lowest BCUT2D eigenvalue weighted by Crippen LogP contribution is -2.25. The van der Waals surface area contributed by atoms with Crippen molar-refractivity contribution in [2.75, 3.05) is 4.72 Å². The second-order valence-electron chi connectivity index (χ2n) is 5.84. The van der Waals surface area contributed by atoms with E-state index >= 15 is 0 Å². The van der Waals surface area contributed by atoms with Gasteiger partial charge in [0.15, 0.2) is 0 Å². The molecule has 0 saturated carbocycles. The van der Waals surface area contributed by atoms with E-state index in [-0.39, 0.29) is 27.7 Å². The number of aromatic carboxylic acids is 1. The molecule has 2 aromatic carbocycles. The van der Waals surface area contributed by atoms with Gasteiger partial charge in [0.2, 0.25) is 0 Å². The first-order valence-electron chi connectivity index (χ1n) is 8.21. The Morgan fingerprint density at radius 1 is 1.03 bits per heavy atom. The van der Waals surface area contributed by atoms with Gasteiger partial charge in [-0.25, -0.2) is 8.42 Å². The van der Waals surface area contributed by atoms with Crippen LogP contribution in [0.25, 0.3) is 0 Å². The number of carboxylic acid groups (broad SMARTS) is 1. The van der Waals surface area contributed by atoms with Crippen molar-refractivity contribution in [3.8, 4) is 0 Å². The zero-order valence-corrected chi connectivity index (χ0v) is 16.3. The lowest BCUT2D eigenvalue weighted by Gasteiger charge is -2.14. The number of rotatable bonds is 7. The van der Waals surface area contributed by atoms with E-state index in [1.807, 2.05) is 0 Å². The van der Waals surface area contributed by atoms with Crippen LogP contribution in [-0.2, 0) is 16.6 Å². The maximum Gasteiger partial charge on any atom is 0.261 e. The highest BCUT2D eigenvalue weighted by atomic mass is 35.5. The van der Waals surface area contributed by atoms with Crippen molar-refractivity contribution in [3.05, 3.63) is 82.8 Å². The molecule has 0 bridgehead atoms. The SMILES string of the molecule is O=C([O-])c1cc(S(=O)(=O)Nc2ccccc2C(=O)NCc2ccco2)ccc1Cl. The Morgan fingerprint density at radius 2 is 1.79 bits per heavy atom. The number of benzene rings is 2. The van der Waals surface area contributed by atoms with E-state index in [2.05, 4.69) is 10.0 Å². The minimum absolute atomic E-state index is 0.0226. The number of para-hydroxylation sites is 1. The summed E-state index contributed by atoms with van der Waals surface area (Å²) in [5.74, 6) is -1.59. The highest BCUT2D eigenvalue weighted by Crippen LogP contribution is 2.24. The lowest BCUT2D eigenvalue weighted by atomic mass is 10.1. The monoisotopic (exact) mass is 433 g/mol. The number of hydrogen-bond acceptors (Lipinski definition) is 6. The van der Waals surface area contributed by atoms with Gasteiger partial charge in [0.1, 0.15) is 5.76 Å². The molecule has 1 amide bonds. The minimum atomic E-state index is -4.20. The molecule has 29 heavy (non-hydrogen) atoms. The van der Waals surface area contributed by atoms with Gasteiger partial charge in [0.25, 0.3) is 15.9 Å². The second-order valence-corrected chi connectivity index (χ2v) is 7.93. The quantitative estimate of drug-likeness (QED) is 0.586. The normalized spacial score (nSPS) is 11.1. The third-order valence-electron chi connectivity index (χ3n) is 3.89. The molecule has 0 fully saturated rings. The average Bonchev–Trinajstić information content (AvgIpc) is 3.20. The zero-order valence-electron chi connectivity index (χ0n) is 14.7. The Balaban J connectivity index is 1.85. The van der Waals surface area contributed by atoms with Crippen LogP contribution in [0.3, 0.4) is 0 Å². The first-order valence-corrected chi connectivity index (χ1v) is 10.1. The molecule has 0 aliphatic rings. The molecule has 0 saturated heterocycles. The van der Waals surface area contributed by atoms with Gasteiger partial charge in [0, 0.05) is 10.6 Å². The maximum absolute atomic E-state index is 12.7. The molecule has 150 valence electrons. The Morgan fingerprint density at radius 3 is 2.48 bits per heavy atom. The molecular formula is C19H14ClN2O6S-. The number of carbonyl (C=O) groups is 2. The number of hydrogen-bond donors (Lipinski definition) is 2. The molecular weight excluding hydrogens is 420 g/mol. The van der Waals surface area contributed by atoms with Crippen molar-refractivity contribution in [3.63, 3.8) is 0 Å². The summed E-state index contributed by atoms with van der Waals surface area (Å²) < 4.78 is 32.8. The van der Waals surface area contributed by atoms with Crippen LogP contribution in [0.15, 0.2) is 70.2 Å². The molecule has 0 atom stereocenters. The van der Waals surface area contributed by atoms with Crippen molar-refractivity contribution >= 4 is 39.2 Å². The predicted octanol–water partition coefficient (Wildman–Crippen LogP) is 2.03. The van der Waals surface area contributed by atoms with Gasteiger partial charge < -0.3 is 19.6 Å². The number of carboxylic acids is 1. The zero-order chi connectivity index (χ0) is 21.0. The molecule has 0 aliphatic heterocycles. The van der Waals surface area contributed by atoms with Gasteiger partial charge in [-0.1, -0.05) is 23.7 Å². The Kier molecular flexibility index (Phi) is 5.90. The molecule has 0 aliphatic carbocycles. The van der Waals surface area contributed by atoms with E-state index in [0.717, 1.165) is 18.2 Å². The van der Waals surface area contributed by atoms with Crippen molar-refractivity contribution in [2.45, 2.75) is 11.4 Å². The number of sulfonamides is 1. The van der Waals surface area contributed by atoms with Crippen molar-refractivity contribution < 1.29 is 27.5 Å². The molecule has 1 aromatic heterocycles. The number of carbonyl (C=O) groups excluding carboxylic acids is 2. The first-order chi connectivity index (χ1) is 13.8. The van der Waals surface area contributed by atoms with Crippen LogP contribution in [-0.4, -0.2) is 20.3 Å². The molecule has 1 heterocycles. The summed E-state index contributed by atoms with van der Waals surface area (Å²) in [4.78, 5) is 23.2. The Hall–Kier alpha value is -3.30. The summed E-state index contributed by atoms with van der Waals surface area (Å²) in [7, 11) is -4.20. The summed E-state index contributed by atoms with van der Waals surface area (Å²) in [6, 6.07) is 12.5. The van der Waals surface area contributed by atoms with Crippen LogP contribution in [0.5, 0.6) is 0 Å². The third-order valence-corrected chi connectivity index (χ3v) is 5.58. The van der Waals surface area contributed by atoms with Crippen LogP contribution in [0.1, 0.15) is 26.5 Å². The molecule has 2 N–H and O–H groups in total. The fourth-order valence-electron chi connectivity index (χ4n) is 2.48. The van der Waals surface area contributed by atoms with Gasteiger partial charge in [0.05, 0.1) is 34.9 Å². The van der Waals surface area contributed by atoms with Crippen molar-refractivity contribution in [2.24, 2.45) is 0 Å². The molecule has 0 unspecified atom stereocenters. The van der Waals surface area contributed by atoms with Crippen molar-refractivity contribution in [1.82, 2.24) is 5.32 Å². The topological polar surface area (TPSA) is 129 Å². The number of amides is 1. The van der Waals surface area contributed by atoms with Gasteiger partial charge in [-0.15, -0.1) is 0 Å². The number of halogens is 1. The van der Waals surface area contributed by atoms with Crippen LogP contribution < -0.4 is 15.1 Å². The summed E-state index contributed by atoms with van der Waals surface area (Å²) in [6.45, 7) is 0.124. The minimum Gasteiger partial charge on any atom is -0.545 e. The van der Waals surface area contributed by atoms with Crippen LogP contribution in [0, 0.1) is 0 Å². The number of anilines is 1. The van der Waals surface area contributed by atoms with E-state index in [4.69, 9.17) is 16.0 Å². The highest BCUT2D eigenvalue weighted by molar-refractivity contribution is 7.92. The van der Waals surface area contributed by atoms with Gasteiger partial charge in [-0.05, 0) is 42.5 Å². The van der Waals surface area contributed by atoms with E-state index in [1.165, 1.54) is 18.4 Å². The Bertz CT molecular complexity index is 1160. The van der Waals surface area contributed by atoms with E-state index in [9.17, 15) is 23.1 Å². The second kappa shape index (κ2) is 8.38. The largest absolute Gasteiger partial charge is 0.545 e. The van der Waals surface area contributed by atoms with Gasteiger partial charge in [-0.3, -0.25) is 9.52 Å². The standard InChI is InChI=1S/C19H15ClN2O6S/c20-16-8-7-13(10-15(16)19(24)25)29(26,27)22-17-6-2-1-5-14(17)18(23)21-11-12-4-3-9-28-12/h1-10,22H,11H2,(H,21,23)(H,24,25)/p-1. The molecule has 3 rings (SSSR count). The molecule has 10 heteroatoms. The Labute approximate surface area is 171 Å².